The lowest BCUT2D eigenvalue weighted by Crippen LogP contribution is -2.14. The van der Waals surface area contributed by atoms with E-state index in [9.17, 15) is 14.9 Å². The highest BCUT2D eigenvalue weighted by molar-refractivity contribution is 6.35. The topological polar surface area (TPSA) is 78.7 Å². The van der Waals surface area contributed by atoms with Crippen LogP contribution in [0.25, 0.3) is 0 Å². The zero-order chi connectivity index (χ0) is 18.6. The second kappa shape index (κ2) is 7.88. The Morgan fingerprint density at radius 1 is 1.28 bits per heavy atom. The molecule has 6 nitrogen and oxygen atoms in total. The number of nitrogens with zero attached hydrogens (tertiary/aromatic N) is 1. The number of ether oxygens (including phenoxy) is 2. The molecule has 0 aliphatic rings. The largest absolute Gasteiger partial charge is 0.456 e. The summed E-state index contributed by atoms with van der Waals surface area (Å²) in [6, 6.07) is 8.24. The summed E-state index contributed by atoms with van der Waals surface area (Å²) in [6.45, 7) is 1.47. The van der Waals surface area contributed by atoms with Crippen LogP contribution in [0, 0.1) is 22.5 Å². The Labute approximate surface area is 153 Å². The number of rotatable bonds is 5. The molecule has 0 aromatic heterocycles. The fourth-order valence-electron chi connectivity index (χ4n) is 1.84. The van der Waals surface area contributed by atoms with Crippen molar-refractivity contribution in [1.29, 1.82) is 0 Å². The van der Waals surface area contributed by atoms with Crippen molar-refractivity contribution in [2.24, 2.45) is 0 Å². The molecule has 0 aliphatic heterocycles. The summed E-state index contributed by atoms with van der Waals surface area (Å²) < 4.78 is 10.5. The Kier molecular flexibility index (Phi) is 5.86. The Morgan fingerprint density at radius 3 is 2.60 bits per heavy atom. The second-order valence-electron chi connectivity index (χ2n) is 4.83. The second-order valence-corrected chi connectivity index (χ2v) is 5.67. The van der Waals surface area contributed by atoms with E-state index in [1.54, 1.807) is 6.07 Å². The first-order valence-corrected chi connectivity index (χ1v) is 7.66. The van der Waals surface area contributed by atoms with E-state index in [0.717, 1.165) is 6.07 Å². The van der Waals surface area contributed by atoms with Gasteiger partial charge in [0.05, 0.1) is 9.95 Å². The zero-order valence-electron chi connectivity index (χ0n) is 12.9. The third-order valence-corrected chi connectivity index (χ3v) is 3.56. The lowest BCUT2D eigenvalue weighted by atomic mass is 10.1. The van der Waals surface area contributed by atoms with Gasteiger partial charge in [-0.3, -0.25) is 10.1 Å². The molecule has 0 spiro atoms. The number of benzene rings is 2. The van der Waals surface area contributed by atoms with Crippen molar-refractivity contribution in [3.63, 3.8) is 0 Å². The van der Waals surface area contributed by atoms with Crippen molar-refractivity contribution in [1.82, 2.24) is 0 Å². The van der Waals surface area contributed by atoms with E-state index >= 15 is 0 Å². The lowest BCUT2D eigenvalue weighted by Gasteiger charge is -2.11. The number of carbonyl (C=O) groups is 1. The van der Waals surface area contributed by atoms with Crippen molar-refractivity contribution >= 4 is 34.9 Å². The van der Waals surface area contributed by atoms with Gasteiger partial charge in [-0.05, 0) is 31.2 Å². The van der Waals surface area contributed by atoms with Crippen LogP contribution in [-0.2, 0) is 4.74 Å². The molecule has 0 radical (unpaired) electrons. The Bertz CT molecular complexity index is 876. The van der Waals surface area contributed by atoms with Gasteiger partial charge in [0.1, 0.15) is 17.1 Å². The highest BCUT2D eigenvalue weighted by atomic mass is 35.5. The van der Waals surface area contributed by atoms with E-state index in [1.165, 1.54) is 31.2 Å². The van der Waals surface area contributed by atoms with Gasteiger partial charge < -0.3 is 9.47 Å². The molecule has 0 bridgehead atoms. The molecule has 0 aliphatic carbocycles. The van der Waals surface area contributed by atoms with E-state index in [2.05, 4.69) is 5.92 Å². The van der Waals surface area contributed by atoms with E-state index in [1.807, 2.05) is 0 Å². The maximum absolute atomic E-state index is 12.1. The maximum Gasteiger partial charge on any atom is 0.346 e. The predicted octanol–water partition coefficient (Wildman–Crippen LogP) is 4.87. The smallest absolute Gasteiger partial charge is 0.346 e. The molecule has 0 fully saturated rings. The molecule has 2 rings (SSSR count). The number of hydrogen-bond acceptors (Lipinski definition) is 5. The lowest BCUT2D eigenvalue weighted by molar-refractivity contribution is -0.385. The minimum atomic E-state index is -0.926. The average Bonchev–Trinajstić information content (AvgIpc) is 2.56. The van der Waals surface area contributed by atoms with Crippen LogP contribution < -0.4 is 4.74 Å². The standard InChI is InChI=1S/C17H11Cl2NO5/c1-3-10(2)24-17(21)13-9-12(5-6-15(13)20(22)23)25-16-7-4-11(18)8-14(16)19/h1,4-10H,2H3. The van der Waals surface area contributed by atoms with Gasteiger partial charge in [-0.2, -0.15) is 0 Å². The van der Waals surface area contributed by atoms with Crippen LogP contribution in [0.2, 0.25) is 10.0 Å². The van der Waals surface area contributed by atoms with Gasteiger partial charge in [0.2, 0.25) is 0 Å². The van der Waals surface area contributed by atoms with Crippen molar-refractivity contribution in [3.8, 4) is 23.8 Å². The molecule has 0 saturated carbocycles. The fourth-order valence-corrected chi connectivity index (χ4v) is 2.29. The van der Waals surface area contributed by atoms with Crippen molar-refractivity contribution in [3.05, 3.63) is 62.1 Å². The molecule has 25 heavy (non-hydrogen) atoms. The SMILES string of the molecule is C#CC(C)OC(=O)c1cc(Oc2ccc(Cl)cc2Cl)ccc1[N+](=O)[O-]. The third kappa shape index (κ3) is 4.63. The highest BCUT2D eigenvalue weighted by Crippen LogP contribution is 2.33. The molecule has 1 unspecified atom stereocenters. The molecule has 0 amide bonds. The Balaban J connectivity index is 2.38. The quantitative estimate of drug-likeness (QED) is 0.320. The summed E-state index contributed by atoms with van der Waals surface area (Å²) in [7, 11) is 0. The van der Waals surface area contributed by atoms with Crippen LogP contribution >= 0.6 is 23.2 Å². The summed E-state index contributed by atoms with van der Waals surface area (Å²) >= 11 is 11.8. The molecule has 2 aromatic carbocycles. The van der Waals surface area contributed by atoms with Crippen LogP contribution in [0.4, 0.5) is 5.69 Å². The summed E-state index contributed by atoms with van der Waals surface area (Å²) in [5.41, 5.74) is -0.710. The van der Waals surface area contributed by atoms with Gasteiger partial charge in [0.25, 0.3) is 5.69 Å². The minimum absolute atomic E-state index is 0.162. The molecule has 8 heteroatoms. The first-order chi connectivity index (χ1) is 11.8. The minimum Gasteiger partial charge on any atom is -0.456 e. The molecule has 1 atom stereocenters. The van der Waals surface area contributed by atoms with Gasteiger partial charge in [-0.15, -0.1) is 6.42 Å². The van der Waals surface area contributed by atoms with Gasteiger partial charge in [-0.25, -0.2) is 4.79 Å². The van der Waals surface area contributed by atoms with E-state index in [-0.39, 0.29) is 22.1 Å². The number of halogens is 2. The number of nitro groups is 1. The van der Waals surface area contributed by atoms with Gasteiger partial charge in [0, 0.05) is 17.2 Å². The fraction of sp³-hybridized carbons (Fsp3) is 0.118. The predicted molar refractivity (Wildman–Crippen MR) is 93.3 cm³/mol. The van der Waals surface area contributed by atoms with E-state index < -0.39 is 22.7 Å². The molecular weight excluding hydrogens is 369 g/mol. The van der Waals surface area contributed by atoms with Crippen LogP contribution in [0.5, 0.6) is 11.5 Å². The highest BCUT2D eigenvalue weighted by Gasteiger charge is 2.24. The monoisotopic (exact) mass is 379 g/mol. The molecule has 2 aromatic rings. The summed E-state index contributed by atoms with van der Waals surface area (Å²) in [5.74, 6) is 1.72. The normalized spacial score (nSPS) is 11.3. The zero-order valence-corrected chi connectivity index (χ0v) is 14.4. The maximum atomic E-state index is 12.1. The van der Waals surface area contributed by atoms with E-state index in [4.69, 9.17) is 39.1 Å². The average molecular weight is 380 g/mol. The van der Waals surface area contributed by atoms with Gasteiger partial charge in [0.15, 0.2) is 6.10 Å². The number of carbonyl (C=O) groups excluding carboxylic acids is 1. The first kappa shape index (κ1) is 18.6. The van der Waals surface area contributed by atoms with E-state index in [0.29, 0.717) is 5.02 Å². The van der Waals surface area contributed by atoms with Gasteiger partial charge in [-0.1, -0.05) is 29.1 Å². The van der Waals surface area contributed by atoms with Gasteiger partial charge >= 0.3 is 5.97 Å². The summed E-state index contributed by atoms with van der Waals surface area (Å²) in [5, 5.41) is 11.8. The number of hydrogen-bond donors (Lipinski definition) is 0. The Hall–Kier alpha value is -2.75. The van der Waals surface area contributed by atoms with Crippen LogP contribution in [0.3, 0.4) is 0 Å². The summed E-state index contributed by atoms with van der Waals surface area (Å²) in [6.07, 6.45) is 4.31. The molecule has 0 heterocycles. The van der Waals surface area contributed by atoms with Crippen molar-refractivity contribution in [2.45, 2.75) is 13.0 Å². The van der Waals surface area contributed by atoms with Crippen molar-refractivity contribution in [2.75, 3.05) is 0 Å². The molecule has 0 saturated heterocycles. The number of terminal acetylenes is 1. The number of esters is 1. The molecular formula is C17H11Cl2NO5. The van der Waals surface area contributed by atoms with Crippen LogP contribution in [-0.4, -0.2) is 17.0 Å². The molecule has 128 valence electrons. The Morgan fingerprint density at radius 2 is 2.00 bits per heavy atom. The summed E-state index contributed by atoms with van der Waals surface area (Å²) in [4.78, 5) is 22.6. The van der Waals surface area contributed by atoms with Crippen LogP contribution in [0.1, 0.15) is 17.3 Å². The molecule has 0 N–H and O–H groups in total. The third-order valence-electron chi connectivity index (χ3n) is 3.02. The van der Waals surface area contributed by atoms with Crippen molar-refractivity contribution < 1.29 is 19.2 Å². The first-order valence-electron chi connectivity index (χ1n) is 6.90. The number of nitro benzene ring substituents is 1. The van der Waals surface area contributed by atoms with Crippen LogP contribution in [0.15, 0.2) is 36.4 Å².